The van der Waals surface area contributed by atoms with E-state index in [1.807, 2.05) is 0 Å². The Morgan fingerprint density at radius 1 is 0.707 bits per heavy atom. The van der Waals surface area contributed by atoms with Gasteiger partial charge in [-0.3, -0.25) is 0 Å². The Balaban J connectivity index is 0.000000537. The average Bonchev–Trinajstić information content (AvgIpc) is 2.97. The van der Waals surface area contributed by atoms with Gasteiger partial charge in [-0.05, 0) is 31.9 Å². The third-order valence-corrected chi connectivity index (χ3v) is 6.79. The van der Waals surface area contributed by atoms with Crippen molar-refractivity contribution >= 4 is 11.9 Å². The fourth-order valence-electron chi connectivity index (χ4n) is 4.09. The summed E-state index contributed by atoms with van der Waals surface area (Å²) in [5.74, 6) is -4.96. The van der Waals surface area contributed by atoms with E-state index in [4.69, 9.17) is 35.0 Å². The molecule has 0 saturated carbocycles. The third kappa shape index (κ3) is 11.6. The first-order chi connectivity index (χ1) is 19.5. The molecule has 0 spiro atoms. The van der Waals surface area contributed by atoms with Crippen LogP contribution < -0.4 is 0 Å². The van der Waals surface area contributed by atoms with E-state index in [1.54, 1.807) is 24.3 Å². The van der Waals surface area contributed by atoms with Crippen LogP contribution in [0.2, 0.25) is 0 Å². The molecule has 0 amide bonds. The molecule has 2 unspecified atom stereocenters. The minimum absolute atomic E-state index is 0.293. The molecule has 0 aromatic heterocycles. The van der Waals surface area contributed by atoms with Crippen LogP contribution in [-0.4, -0.2) is 67.5 Å². The van der Waals surface area contributed by atoms with Crippen LogP contribution >= 0.6 is 0 Å². The van der Waals surface area contributed by atoms with Crippen LogP contribution in [0.1, 0.15) is 119 Å². The molecule has 10 nitrogen and oxygen atoms in total. The predicted octanol–water partition coefficient (Wildman–Crippen LogP) is 6.49. The number of hydrogen-bond donors (Lipinski definition) is 6. The smallest absolute Gasteiger partial charge is 0.339 e. The fourth-order valence-corrected chi connectivity index (χ4v) is 4.09. The van der Waals surface area contributed by atoms with Gasteiger partial charge in [-0.2, -0.15) is 0 Å². The van der Waals surface area contributed by atoms with Crippen LogP contribution in [0, 0.1) is 0 Å². The van der Waals surface area contributed by atoms with Crippen molar-refractivity contribution in [3.63, 3.8) is 0 Å². The van der Waals surface area contributed by atoms with Gasteiger partial charge in [0.1, 0.15) is 0 Å². The molecule has 0 heterocycles. The Labute approximate surface area is 242 Å². The molecule has 6 N–H and O–H groups in total. The lowest BCUT2D eigenvalue weighted by atomic mass is 9.89. The summed E-state index contributed by atoms with van der Waals surface area (Å²) < 4.78 is 10.7. The second kappa shape index (κ2) is 19.0. The monoisotopic (exact) mass is 580 g/mol. The van der Waals surface area contributed by atoms with Crippen molar-refractivity contribution in [2.45, 2.75) is 110 Å². The van der Waals surface area contributed by atoms with E-state index in [9.17, 15) is 14.7 Å². The van der Waals surface area contributed by atoms with Gasteiger partial charge in [-0.15, -0.1) is 0 Å². The number of carbonyl (C=O) groups is 2. The van der Waals surface area contributed by atoms with Gasteiger partial charge in [0.15, 0.2) is 23.2 Å². The molecule has 41 heavy (non-hydrogen) atoms. The zero-order valence-corrected chi connectivity index (χ0v) is 24.6. The summed E-state index contributed by atoms with van der Waals surface area (Å²) in [6.07, 6.45) is 11.8. The molecule has 1 aromatic carbocycles. The average molecular weight is 581 g/mol. The number of carbonyl (C=O) groups excluding carboxylic acids is 2. The molecule has 1 aliphatic rings. The number of unbranched alkanes of at least 4 members (excludes halogenated alkanes) is 10. The Morgan fingerprint density at radius 3 is 1.51 bits per heavy atom. The van der Waals surface area contributed by atoms with Crippen LogP contribution in [0.4, 0.5) is 0 Å². The van der Waals surface area contributed by atoms with Crippen molar-refractivity contribution in [3.05, 3.63) is 58.4 Å². The summed E-state index contributed by atoms with van der Waals surface area (Å²) in [7, 11) is 0. The zero-order valence-electron chi connectivity index (χ0n) is 24.6. The van der Waals surface area contributed by atoms with Gasteiger partial charge in [0.25, 0.3) is 0 Å². The Morgan fingerprint density at radius 2 is 1.10 bits per heavy atom. The highest BCUT2D eigenvalue weighted by Crippen LogP contribution is 2.32. The highest BCUT2D eigenvalue weighted by atomic mass is 16.5. The zero-order chi connectivity index (χ0) is 30.8. The summed E-state index contributed by atoms with van der Waals surface area (Å²) in [6.45, 7) is 6.15. The van der Waals surface area contributed by atoms with E-state index in [-0.39, 0.29) is 0 Å². The van der Waals surface area contributed by atoms with E-state index < -0.39 is 46.7 Å². The Hall–Kier alpha value is -3.24. The number of benzene rings is 1. The molecule has 232 valence electrons. The fraction of sp³-hybridized carbons (Fsp3) is 0.613. The molecule has 1 aliphatic carbocycles. The van der Waals surface area contributed by atoms with Gasteiger partial charge in [0.2, 0.25) is 11.5 Å². The summed E-state index contributed by atoms with van der Waals surface area (Å²) in [5, 5.41) is 54.4. The van der Waals surface area contributed by atoms with Crippen molar-refractivity contribution in [3.8, 4) is 0 Å². The van der Waals surface area contributed by atoms with E-state index in [2.05, 4.69) is 13.8 Å². The Bertz CT molecular complexity index is 963. The molecule has 2 atom stereocenters. The standard InChI is InChI=1S/C24H38O4.C7H10O6/c1-3-5-7-9-11-15-19-27-23(25)21-17-13-14-18-22(21)24(26)28-20-16-12-10-8-6-4-2;1-7(13)5(11)3(9)2(8)4(10)6(7)12/h13-14,17-18H,3-12,15-16,19-20H2,1-2H3;5,8-13H,1H3. The lowest BCUT2D eigenvalue weighted by Gasteiger charge is -2.31. The number of aliphatic hydroxyl groups excluding tert-OH is 5. The summed E-state index contributed by atoms with van der Waals surface area (Å²) >= 11 is 0. The molecule has 0 aliphatic heterocycles. The van der Waals surface area contributed by atoms with Gasteiger partial charge in [-0.1, -0.05) is 90.2 Å². The summed E-state index contributed by atoms with van der Waals surface area (Å²) in [5.41, 5.74) is -1.62. The van der Waals surface area contributed by atoms with E-state index in [1.165, 1.54) is 51.4 Å². The quantitative estimate of drug-likeness (QED) is 0.0937. The Kier molecular flexibility index (Phi) is 16.6. The first-order valence-electron chi connectivity index (χ1n) is 14.6. The molecular weight excluding hydrogens is 532 g/mol. The number of hydrogen-bond acceptors (Lipinski definition) is 10. The van der Waals surface area contributed by atoms with Crippen LogP contribution in [0.3, 0.4) is 0 Å². The van der Waals surface area contributed by atoms with Crippen LogP contribution in [0.25, 0.3) is 0 Å². The molecular formula is C31H48O10. The molecule has 2 rings (SSSR count). The maximum Gasteiger partial charge on any atom is 0.339 e. The van der Waals surface area contributed by atoms with Crippen molar-refractivity contribution in [2.24, 2.45) is 0 Å². The highest BCUT2D eigenvalue weighted by molar-refractivity contribution is 6.03. The van der Waals surface area contributed by atoms with Crippen LogP contribution in [0.5, 0.6) is 0 Å². The maximum absolute atomic E-state index is 12.4. The van der Waals surface area contributed by atoms with Gasteiger partial charge < -0.3 is 40.1 Å². The minimum Gasteiger partial charge on any atom is -0.506 e. The first kappa shape index (κ1) is 35.8. The van der Waals surface area contributed by atoms with E-state index >= 15 is 0 Å². The summed E-state index contributed by atoms with van der Waals surface area (Å²) in [6, 6.07) is 6.74. The largest absolute Gasteiger partial charge is 0.506 e. The first-order valence-corrected chi connectivity index (χ1v) is 14.6. The van der Waals surface area contributed by atoms with Gasteiger partial charge >= 0.3 is 11.9 Å². The van der Waals surface area contributed by atoms with Crippen LogP contribution in [0.15, 0.2) is 47.3 Å². The SMILES string of the molecule is CC1(O)C(O)=C(O)C(O)=C(O)C1O.CCCCCCCCOC(=O)c1ccccc1C(=O)OCCCCCCCC. The molecule has 0 radical (unpaired) electrons. The number of aliphatic hydroxyl groups is 6. The molecule has 0 saturated heterocycles. The topological polar surface area (TPSA) is 174 Å². The van der Waals surface area contributed by atoms with Gasteiger partial charge in [0.05, 0.1) is 24.3 Å². The van der Waals surface area contributed by atoms with Crippen molar-refractivity contribution in [2.75, 3.05) is 13.2 Å². The molecule has 1 aromatic rings. The third-order valence-electron chi connectivity index (χ3n) is 6.79. The molecule has 0 fully saturated rings. The van der Waals surface area contributed by atoms with Crippen LogP contribution in [-0.2, 0) is 9.47 Å². The predicted molar refractivity (Wildman–Crippen MR) is 155 cm³/mol. The number of ether oxygens (including phenoxy) is 2. The van der Waals surface area contributed by atoms with Gasteiger partial charge in [-0.25, -0.2) is 9.59 Å². The lowest BCUT2D eigenvalue weighted by Crippen LogP contribution is -2.46. The van der Waals surface area contributed by atoms with Crippen molar-refractivity contribution < 1.29 is 49.7 Å². The van der Waals surface area contributed by atoms with Gasteiger partial charge in [0, 0.05) is 0 Å². The van der Waals surface area contributed by atoms with E-state index in [0.29, 0.717) is 24.3 Å². The normalized spacial score (nSPS) is 18.5. The molecule has 0 bridgehead atoms. The summed E-state index contributed by atoms with van der Waals surface area (Å²) in [4.78, 5) is 24.7. The second-order valence-corrected chi connectivity index (χ2v) is 10.3. The highest BCUT2D eigenvalue weighted by Gasteiger charge is 2.46. The lowest BCUT2D eigenvalue weighted by molar-refractivity contribution is -0.0696. The number of rotatable bonds is 16. The van der Waals surface area contributed by atoms with E-state index in [0.717, 1.165) is 32.6 Å². The second-order valence-electron chi connectivity index (χ2n) is 10.3. The minimum atomic E-state index is -2.21. The van der Waals surface area contributed by atoms with Crippen molar-refractivity contribution in [1.29, 1.82) is 0 Å². The van der Waals surface area contributed by atoms with Crippen molar-refractivity contribution in [1.82, 2.24) is 0 Å². The molecule has 10 heteroatoms. The number of esters is 2. The maximum atomic E-state index is 12.4.